The van der Waals surface area contributed by atoms with Crippen molar-refractivity contribution in [2.45, 2.75) is 38.1 Å². The van der Waals surface area contributed by atoms with Crippen molar-refractivity contribution in [1.29, 1.82) is 0 Å². The summed E-state index contributed by atoms with van der Waals surface area (Å²) in [5.41, 5.74) is -0.766. The van der Waals surface area contributed by atoms with Gasteiger partial charge < -0.3 is 5.11 Å². The molecule has 0 aromatic rings. The normalized spacial score (nSPS) is 26.2. The third-order valence-corrected chi connectivity index (χ3v) is 4.58. The summed E-state index contributed by atoms with van der Waals surface area (Å²) in [6.07, 6.45) is 3.83. The molecule has 1 unspecified atom stereocenters. The molecule has 0 saturated carbocycles. The van der Waals surface area contributed by atoms with Crippen LogP contribution in [0.15, 0.2) is 0 Å². The van der Waals surface area contributed by atoms with Crippen LogP contribution in [0.25, 0.3) is 0 Å². The van der Waals surface area contributed by atoms with Crippen molar-refractivity contribution in [2.24, 2.45) is 0 Å². The molecule has 0 aliphatic carbocycles. The van der Waals surface area contributed by atoms with Gasteiger partial charge in [-0.15, -0.1) is 0 Å². The number of aliphatic carboxylic acids is 1. The van der Waals surface area contributed by atoms with Gasteiger partial charge in [-0.2, -0.15) is 0 Å². The quantitative estimate of drug-likeness (QED) is 0.765. The average Bonchev–Trinajstić information content (AvgIpc) is 2.60. The fourth-order valence-corrected chi connectivity index (χ4v) is 3.23. The van der Waals surface area contributed by atoms with E-state index in [0.29, 0.717) is 25.8 Å². The minimum atomic E-state index is -2.95. The van der Waals surface area contributed by atoms with Crippen LogP contribution in [0.4, 0.5) is 0 Å². The summed E-state index contributed by atoms with van der Waals surface area (Å²) in [4.78, 5) is 13.3. The summed E-state index contributed by atoms with van der Waals surface area (Å²) in [6, 6.07) is 0. The summed E-state index contributed by atoms with van der Waals surface area (Å²) in [6.45, 7) is 3.18. The van der Waals surface area contributed by atoms with Gasteiger partial charge in [0.1, 0.15) is 15.4 Å². The number of nitrogens with zero attached hydrogens (tertiary/aromatic N) is 1. The number of rotatable bonds is 6. The summed E-state index contributed by atoms with van der Waals surface area (Å²) in [7, 11) is -2.95. The Morgan fingerprint density at radius 2 is 2.12 bits per heavy atom. The molecular weight excluding hydrogens is 242 g/mol. The molecule has 1 heterocycles. The zero-order chi connectivity index (χ0) is 13.1. The summed E-state index contributed by atoms with van der Waals surface area (Å²) < 4.78 is 22.1. The number of likely N-dealkylation sites (tertiary alicyclic amines) is 1. The van der Waals surface area contributed by atoms with Gasteiger partial charge in [0, 0.05) is 12.8 Å². The van der Waals surface area contributed by atoms with Crippen LogP contribution in [0.5, 0.6) is 0 Å². The lowest BCUT2D eigenvalue weighted by atomic mass is 9.93. The van der Waals surface area contributed by atoms with Gasteiger partial charge in [-0.05, 0) is 32.2 Å². The van der Waals surface area contributed by atoms with Gasteiger partial charge in [0.05, 0.1) is 5.75 Å². The lowest BCUT2D eigenvalue weighted by Crippen LogP contribution is -2.50. The van der Waals surface area contributed by atoms with Gasteiger partial charge in [0.25, 0.3) is 0 Å². The van der Waals surface area contributed by atoms with Crippen LogP contribution in [-0.4, -0.2) is 55.0 Å². The molecule has 1 N–H and O–H groups in total. The van der Waals surface area contributed by atoms with Crippen molar-refractivity contribution in [2.75, 3.05) is 25.1 Å². The fourth-order valence-electron chi connectivity index (χ4n) is 2.57. The largest absolute Gasteiger partial charge is 0.480 e. The predicted octanol–water partition coefficient (Wildman–Crippen LogP) is 0.750. The first kappa shape index (κ1) is 14.4. The Kier molecular flexibility index (Phi) is 4.55. The molecule has 1 aliphatic rings. The van der Waals surface area contributed by atoms with Crippen molar-refractivity contribution in [3.8, 4) is 0 Å². The number of sulfone groups is 1. The highest BCUT2D eigenvalue weighted by Gasteiger charge is 2.45. The Morgan fingerprint density at radius 1 is 1.47 bits per heavy atom. The fraction of sp³-hybridized carbons (Fsp3) is 0.909. The zero-order valence-electron chi connectivity index (χ0n) is 10.5. The molecule has 0 aromatic heterocycles. The van der Waals surface area contributed by atoms with Crippen molar-refractivity contribution in [3.05, 3.63) is 0 Å². The van der Waals surface area contributed by atoms with E-state index in [9.17, 15) is 18.3 Å². The van der Waals surface area contributed by atoms with E-state index >= 15 is 0 Å². The van der Waals surface area contributed by atoms with Gasteiger partial charge in [-0.25, -0.2) is 8.42 Å². The average molecular weight is 263 g/mol. The monoisotopic (exact) mass is 263 g/mol. The molecule has 0 bridgehead atoms. The lowest BCUT2D eigenvalue weighted by Gasteiger charge is -2.33. The van der Waals surface area contributed by atoms with Crippen molar-refractivity contribution in [1.82, 2.24) is 4.90 Å². The van der Waals surface area contributed by atoms with Crippen molar-refractivity contribution < 1.29 is 18.3 Å². The number of hydrogen-bond acceptors (Lipinski definition) is 4. The van der Waals surface area contributed by atoms with Crippen molar-refractivity contribution >= 4 is 15.8 Å². The Labute approximate surface area is 103 Å². The van der Waals surface area contributed by atoms with E-state index in [1.54, 1.807) is 0 Å². The minimum absolute atomic E-state index is 0.128. The van der Waals surface area contributed by atoms with Crippen LogP contribution >= 0.6 is 0 Å². The van der Waals surface area contributed by atoms with Gasteiger partial charge in [0.2, 0.25) is 0 Å². The van der Waals surface area contributed by atoms with Crippen LogP contribution in [0, 0.1) is 0 Å². The second-order valence-corrected chi connectivity index (χ2v) is 7.02. The van der Waals surface area contributed by atoms with E-state index in [-0.39, 0.29) is 5.75 Å². The molecule has 1 fully saturated rings. The maximum Gasteiger partial charge on any atom is 0.324 e. The molecule has 17 heavy (non-hydrogen) atoms. The molecule has 100 valence electrons. The lowest BCUT2D eigenvalue weighted by molar-refractivity contribution is -0.150. The predicted molar refractivity (Wildman–Crippen MR) is 65.8 cm³/mol. The van der Waals surface area contributed by atoms with E-state index in [1.807, 2.05) is 11.8 Å². The first-order valence-electron chi connectivity index (χ1n) is 5.98. The van der Waals surface area contributed by atoms with Gasteiger partial charge in [-0.1, -0.05) is 6.92 Å². The molecular formula is C11H21NO4S. The van der Waals surface area contributed by atoms with E-state index in [1.165, 1.54) is 6.26 Å². The highest BCUT2D eigenvalue weighted by Crippen LogP contribution is 2.32. The van der Waals surface area contributed by atoms with E-state index < -0.39 is 21.3 Å². The van der Waals surface area contributed by atoms with Crippen LogP contribution in [-0.2, 0) is 14.6 Å². The molecule has 1 saturated heterocycles. The highest BCUT2D eigenvalue weighted by atomic mass is 32.2. The first-order chi connectivity index (χ1) is 7.82. The smallest absolute Gasteiger partial charge is 0.324 e. The van der Waals surface area contributed by atoms with E-state index in [4.69, 9.17) is 0 Å². The summed E-state index contributed by atoms with van der Waals surface area (Å²) >= 11 is 0. The van der Waals surface area contributed by atoms with Crippen LogP contribution in [0.3, 0.4) is 0 Å². The Bertz CT molecular complexity index is 379. The van der Waals surface area contributed by atoms with E-state index in [2.05, 4.69) is 0 Å². The Balaban J connectivity index is 2.61. The highest BCUT2D eigenvalue weighted by molar-refractivity contribution is 7.90. The third-order valence-electron chi connectivity index (χ3n) is 3.55. The molecule has 6 heteroatoms. The number of hydrogen-bond donors (Lipinski definition) is 1. The minimum Gasteiger partial charge on any atom is -0.480 e. The molecule has 1 aliphatic heterocycles. The number of carbonyl (C=O) groups is 1. The molecule has 1 rings (SSSR count). The second-order valence-electron chi connectivity index (χ2n) is 4.76. The van der Waals surface area contributed by atoms with Gasteiger partial charge in [0.15, 0.2) is 0 Å². The summed E-state index contributed by atoms with van der Waals surface area (Å²) in [5, 5.41) is 9.33. The number of carboxylic acid groups (broad SMARTS) is 1. The molecule has 0 aromatic carbocycles. The van der Waals surface area contributed by atoms with Crippen LogP contribution < -0.4 is 0 Å². The zero-order valence-corrected chi connectivity index (χ0v) is 11.3. The van der Waals surface area contributed by atoms with Crippen LogP contribution in [0.1, 0.15) is 32.6 Å². The molecule has 0 spiro atoms. The van der Waals surface area contributed by atoms with E-state index in [0.717, 1.165) is 13.0 Å². The Morgan fingerprint density at radius 3 is 2.59 bits per heavy atom. The van der Waals surface area contributed by atoms with Gasteiger partial charge >= 0.3 is 5.97 Å². The maximum atomic E-state index is 11.4. The number of carboxylic acids is 1. The topological polar surface area (TPSA) is 74.7 Å². The molecule has 1 atom stereocenters. The standard InChI is InChI=1S/C11H21NO4S/c1-3-11(10(13)14)6-4-7-12(11)8-5-9-17(2,15)16/h3-9H2,1-2H3,(H,13,14). The summed E-state index contributed by atoms with van der Waals surface area (Å²) in [5.74, 6) is -0.653. The van der Waals surface area contributed by atoms with Crippen LogP contribution in [0.2, 0.25) is 0 Å². The third kappa shape index (κ3) is 3.42. The maximum absolute atomic E-state index is 11.4. The molecule has 5 nitrogen and oxygen atoms in total. The Hall–Kier alpha value is -0.620. The van der Waals surface area contributed by atoms with Crippen molar-refractivity contribution in [3.63, 3.8) is 0 Å². The molecule has 0 radical (unpaired) electrons. The first-order valence-corrected chi connectivity index (χ1v) is 8.04. The van der Waals surface area contributed by atoms with Gasteiger partial charge in [-0.3, -0.25) is 9.69 Å². The SMILES string of the molecule is CCC1(C(=O)O)CCCN1CCCS(C)(=O)=O. The second kappa shape index (κ2) is 5.35. The molecule has 0 amide bonds.